The van der Waals surface area contributed by atoms with Crippen LogP contribution in [0.2, 0.25) is 0 Å². The second kappa shape index (κ2) is 7.51. The Labute approximate surface area is 152 Å². The number of nitrogens with two attached hydrogens (primary N) is 1. The summed E-state index contributed by atoms with van der Waals surface area (Å²) in [5.74, 6) is 0.610. The second-order valence-corrected chi connectivity index (χ2v) is 5.03. The molecule has 1 aliphatic heterocycles. The highest BCUT2D eigenvalue weighted by atomic mass is 127. The maximum atomic E-state index is 12.8. The number of hydrogen-bond donors (Lipinski definition) is 1. The van der Waals surface area contributed by atoms with Gasteiger partial charge in [0.15, 0.2) is 17.4 Å². The van der Waals surface area contributed by atoms with E-state index in [1.807, 2.05) is 4.90 Å². The van der Waals surface area contributed by atoms with Crippen molar-refractivity contribution in [3.05, 3.63) is 29.7 Å². The number of nitrogens with zero attached hydrogens (tertiary/aromatic N) is 5. The molecule has 132 valence electrons. The fourth-order valence-corrected chi connectivity index (χ4v) is 2.26. The molecule has 0 aliphatic carbocycles. The summed E-state index contributed by atoms with van der Waals surface area (Å²) in [6.45, 7) is 2.45. The number of ether oxygens (including phenoxy) is 1. The number of halogens is 4. The van der Waals surface area contributed by atoms with Crippen LogP contribution in [0.15, 0.2) is 23.3 Å². The maximum absolute atomic E-state index is 12.8. The molecule has 0 saturated carbocycles. The third-order valence-electron chi connectivity index (χ3n) is 3.52. The molecule has 3 heterocycles. The Hall–Kier alpha value is -1.63. The number of aliphatic imine (C=N–C) groups is 1. The predicted molar refractivity (Wildman–Crippen MR) is 91.1 cm³/mol. The van der Waals surface area contributed by atoms with E-state index in [1.54, 1.807) is 0 Å². The van der Waals surface area contributed by atoms with Crippen molar-refractivity contribution in [3.63, 3.8) is 0 Å². The molecule has 0 bridgehead atoms. The third kappa shape index (κ3) is 4.06. The lowest BCUT2D eigenvalue weighted by Crippen LogP contribution is -2.44. The molecule has 2 N–H and O–H groups in total. The van der Waals surface area contributed by atoms with E-state index >= 15 is 0 Å². The van der Waals surface area contributed by atoms with Crippen molar-refractivity contribution < 1.29 is 17.9 Å². The summed E-state index contributed by atoms with van der Waals surface area (Å²) in [4.78, 5) is 6.05. The van der Waals surface area contributed by atoms with Crippen LogP contribution in [0.25, 0.3) is 5.65 Å². The van der Waals surface area contributed by atoms with E-state index in [0.717, 1.165) is 12.3 Å². The Bertz CT molecular complexity index is 726. The Morgan fingerprint density at radius 2 is 1.96 bits per heavy atom. The molecule has 1 fully saturated rings. The average Bonchev–Trinajstić information content (AvgIpc) is 2.95. The minimum Gasteiger partial charge on any atom is -0.378 e. The Morgan fingerprint density at radius 1 is 1.25 bits per heavy atom. The van der Waals surface area contributed by atoms with E-state index in [0.29, 0.717) is 43.7 Å². The van der Waals surface area contributed by atoms with E-state index < -0.39 is 11.7 Å². The predicted octanol–water partition coefficient (Wildman–Crippen LogP) is 1.51. The number of aromatic nitrogens is 3. The van der Waals surface area contributed by atoms with Gasteiger partial charge in [-0.3, -0.25) is 4.40 Å². The van der Waals surface area contributed by atoms with Gasteiger partial charge < -0.3 is 15.4 Å². The quantitative estimate of drug-likeness (QED) is 0.421. The second-order valence-electron chi connectivity index (χ2n) is 5.03. The summed E-state index contributed by atoms with van der Waals surface area (Å²) in [7, 11) is 0. The highest BCUT2D eigenvalue weighted by Gasteiger charge is 2.31. The van der Waals surface area contributed by atoms with Gasteiger partial charge in [-0.1, -0.05) is 0 Å². The lowest BCUT2D eigenvalue weighted by atomic mass is 10.3. The number of hydrogen-bond acceptors (Lipinski definition) is 4. The highest BCUT2D eigenvalue weighted by Crippen LogP contribution is 2.29. The molecule has 0 atom stereocenters. The standard InChI is InChI=1S/C13H15F3N6O.HI/c14-13(15,16)9-1-2-10-19-20-11(22(10)8-9)7-18-12(17)21-3-5-23-6-4-21;/h1-2,8H,3-7H2,(H2,17,18);1H. The topological polar surface area (TPSA) is 81.0 Å². The summed E-state index contributed by atoms with van der Waals surface area (Å²) in [5.41, 5.74) is 5.45. The molecule has 3 rings (SSSR count). The van der Waals surface area contributed by atoms with Gasteiger partial charge in [-0.2, -0.15) is 13.2 Å². The molecule has 2 aromatic heterocycles. The van der Waals surface area contributed by atoms with Gasteiger partial charge in [0.25, 0.3) is 0 Å². The van der Waals surface area contributed by atoms with Gasteiger partial charge in [-0.15, -0.1) is 34.2 Å². The Balaban J connectivity index is 0.00000208. The van der Waals surface area contributed by atoms with Crippen LogP contribution >= 0.6 is 24.0 Å². The maximum Gasteiger partial charge on any atom is 0.417 e. The molecule has 0 unspecified atom stereocenters. The van der Waals surface area contributed by atoms with E-state index in [2.05, 4.69) is 15.2 Å². The molecule has 0 radical (unpaired) electrons. The van der Waals surface area contributed by atoms with Gasteiger partial charge in [0, 0.05) is 19.3 Å². The van der Waals surface area contributed by atoms with Crippen LogP contribution in [0.5, 0.6) is 0 Å². The number of fused-ring (bicyclic) bond motifs is 1. The van der Waals surface area contributed by atoms with Crippen LogP contribution in [-0.4, -0.2) is 51.8 Å². The number of rotatable bonds is 2. The number of pyridine rings is 1. The molecule has 0 amide bonds. The van der Waals surface area contributed by atoms with Crippen LogP contribution in [0.4, 0.5) is 13.2 Å². The monoisotopic (exact) mass is 456 g/mol. The van der Waals surface area contributed by atoms with Crippen LogP contribution < -0.4 is 5.73 Å². The molecule has 24 heavy (non-hydrogen) atoms. The van der Waals surface area contributed by atoms with Crippen molar-refractivity contribution in [2.45, 2.75) is 12.7 Å². The van der Waals surface area contributed by atoms with Crippen LogP contribution in [0, 0.1) is 0 Å². The molecule has 2 aromatic rings. The molecular formula is C13H16F3IN6O. The zero-order valence-electron chi connectivity index (χ0n) is 12.5. The average molecular weight is 456 g/mol. The van der Waals surface area contributed by atoms with Gasteiger partial charge in [0.1, 0.15) is 6.54 Å². The van der Waals surface area contributed by atoms with Gasteiger partial charge in [-0.05, 0) is 12.1 Å². The lowest BCUT2D eigenvalue weighted by Gasteiger charge is -2.27. The van der Waals surface area contributed by atoms with Gasteiger partial charge >= 0.3 is 6.18 Å². The van der Waals surface area contributed by atoms with Crippen LogP contribution in [-0.2, 0) is 17.5 Å². The summed E-state index contributed by atoms with van der Waals surface area (Å²) in [5, 5.41) is 7.71. The van der Waals surface area contributed by atoms with Crippen LogP contribution in [0.3, 0.4) is 0 Å². The van der Waals surface area contributed by atoms with E-state index in [-0.39, 0.29) is 30.5 Å². The first kappa shape index (κ1) is 18.7. The first-order valence-electron chi connectivity index (χ1n) is 6.98. The first-order chi connectivity index (χ1) is 10.9. The van der Waals surface area contributed by atoms with Crippen LogP contribution in [0.1, 0.15) is 11.4 Å². The summed E-state index contributed by atoms with van der Waals surface area (Å²) in [6, 6.07) is 2.24. The molecule has 0 spiro atoms. The van der Waals surface area contributed by atoms with Crippen molar-refractivity contribution >= 4 is 35.6 Å². The normalized spacial score (nSPS) is 16.3. The minimum atomic E-state index is -4.42. The molecule has 0 aromatic carbocycles. The third-order valence-corrected chi connectivity index (χ3v) is 3.52. The van der Waals surface area contributed by atoms with Crippen molar-refractivity contribution in [2.75, 3.05) is 26.3 Å². The first-order valence-corrected chi connectivity index (χ1v) is 6.98. The van der Waals surface area contributed by atoms with E-state index in [1.165, 1.54) is 10.5 Å². The molecule has 1 saturated heterocycles. The van der Waals surface area contributed by atoms with Crippen molar-refractivity contribution in [3.8, 4) is 0 Å². The fraction of sp³-hybridized carbons (Fsp3) is 0.462. The largest absolute Gasteiger partial charge is 0.417 e. The number of alkyl halides is 3. The van der Waals surface area contributed by atoms with Gasteiger partial charge in [0.05, 0.1) is 18.8 Å². The van der Waals surface area contributed by atoms with E-state index in [4.69, 9.17) is 10.5 Å². The summed E-state index contributed by atoms with van der Waals surface area (Å²) < 4.78 is 44.9. The highest BCUT2D eigenvalue weighted by molar-refractivity contribution is 14.0. The van der Waals surface area contributed by atoms with Gasteiger partial charge in [0.2, 0.25) is 0 Å². The Morgan fingerprint density at radius 3 is 2.62 bits per heavy atom. The number of morpholine rings is 1. The number of guanidine groups is 1. The lowest BCUT2D eigenvalue weighted by molar-refractivity contribution is -0.137. The van der Waals surface area contributed by atoms with E-state index in [9.17, 15) is 13.2 Å². The van der Waals surface area contributed by atoms with Crippen molar-refractivity contribution in [2.24, 2.45) is 10.7 Å². The van der Waals surface area contributed by atoms with Crippen molar-refractivity contribution in [1.82, 2.24) is 19.5 Å². The molecule has 1 aliphatic rings. The summed E-state index contributed by atoms with van der Waals surface area (Å²) >= 11 is 0. The molecule has 7 nitrogen and oxygen atoms in total. The minimum absolute atomic E-state index is 0. The SMILES string of the molecule is I.NC(=NCc1nnc2ccc(C(F)(F)F)cn12)N1CCOCC1. The van der Waals surface area contributed by atoms with Gasteiger partial charge in [-0.25, -0.2) is 4.99 Å². The fourth-order valence-electron chi connectivity index (χ4n) is 2.26. The molecular weight excluding hydrogens is 440 g/mol. The Kier molecular flexibility index (Phi) is 5.85. The molecule has 11 heteroatoms. The summed E-state index contributed by atoms with van der Waals surface area (Å²) in [6.07, 6.45) is -3.46. The zero-order valence-corrected chi connectivity index (χ0v) is 14.9. The smallest absolute Gasteiger partial charge is 0.378 e. The zero-order chi connectivity index (χ0) is 16.4. The van der Waals surface area contributed by atoms with Crippen molar-refractivity contribution in [1.29, 1.82) is 0 Å².